The van der Waals surface area contributed by atoms with E-state index in [0.717, 1.165) is 73.0 Å². The number of unbranched alkanes of at least 4 members (excludes halogenated alkanes) is 1. The molecule has 1 aliphatic heterocycles. The van der Waals surface area contributed by atoms with E-state index < -0.39 is 5.54 Å². The minimum Gasteiger partial charge on any atom is -0.294 e. The summed E-state index contributed by atoms with van der Waals surface area (Å²) < 4.78 is 0. The van der Waals surface area contributed by atoms with Crippen LogP contribution in [0.3, 0.4) is 0 Å². The summed E-state index contributed by atoms with van der Waals surface area (Å²) in [5.74, 6) is 1.75. The van der Waals surface area contributed by atoms with Crippen molar-refractivity contribution in [2.45, 2.75) is 64.0 Å². The van der Waals surface area contributed by atoms with Gasteiger partial charge in [0.25, 0.3) is 5.91 Å². The number of nitrogens with one attached hydrogen (secondary N) is 1. The highest BCUT2D eigenvalue weighted by molar-refractivity contribution is 6.08. The summed E-state index contributed by atoms with van der Waals surface area (Å²) in [4.78, 5) is 20.3. The molecule has 1 N–H and O–H groups in total. The number of tetrazole rings is 1. The lowest BCUT2D eigenvalue weighted by Gasteiger charge is -2.23. The summed E-state index contributed by atoms with van der Waals surface area (Å²) >= 11 is 0. The standard InChI is InChI=1S/C25H28N6O.2ClH/c1-2-3-10-22-26-25(15-6-7-16-25)24(32)31(22)17-18-11-13-19(14-12-18)20-8-4-5-9-21(20)23-27-29-30-28-23;;/h4-5,8-9,11-14H,2-3,6-7,10,15-17H2,1H3,(H,27,28,29,30);2*1H. The summed E-state index contributed by atoms with van der Waals surface area (Å²) in [6, 6.07) is 16.4. The molecule has 9 heteroatoms. The number of amidine groups is 1. The van der Waals surface area contributed by atoms with Crippen LogP contribution < -0.4 is 0 Å². The predicted molar refractivity (Wildman–Crippen MR) is 138 cm³/mol. The minimum atomic E-state index is -0.480. The van der Waals surface area contributed by atoms with E-state index in [-0.39, 0.29) is 30.7 Å². The summed E-state index contributed by atoms with van der Waals surface area (Å²) in [7, 11) is 0. The average molecular weight is 501 g/mol. The fraction of sp³-hybridized carbons (Fsp3) is 0.400. The van der Waals surface area contributed by atoms with Crippen molar-refractivity contribution < 1.29 is 4.79 Å². The fourth-order valence-corrected chi connectivity index (χ4v) is 4.88. The van der Waals surface area contributed by atoms with Gasteiger partial charge in [-0.25, -0.2) is 0 Å². The van der Waals surface area contributed by atoms with E-state index in [1.165, 1.54) is 0 Å². The zero-order valence-electron chi connectivity index (χ0n) is 19.2. The molecule has 34 heavy (non-hydrogen) atoms. The van der Waals surface area contributed by atoms with E-state index >= 15 is 0 Å². The van der Waals surface area contributed by atoms with E-state index in [1.807, 2.05) is 23.1 Å². The molecule has 1 amide bonds. The number of nitrogens with zero attached hydrogens (tertiary/aromatic N) is 5. The number of carbonyl (C=O) groups excluding carboxylic acids is 1. The molecule has 180 valence electrons. The number of H-pyrrole nitrogens is 1. The topological polar surface area (TPSA) is 87.1 Å². The summed E-state index contributed by atoms with van der Waals surface area (Å²) in [5.41, 5.74) is 3.69. The molecule has 1 saturated carbocycles. The molecule has 0 unspecified atom stereocenters. The monoisotopic (exact) mass is 500 g/mol. The van der Waals surface area contributed by atoms with Crippen molar-refractivity contribution in [2.75, 3.05) is 0 Å². The van der Waals surface area contributed by atoms with Crippen LogP contribution in [-0.2, 0) is 11.3 Å². The molecule has 0 atom stereocenters. The normalized spacial score (nSPS) is 16.3. The number of hydrogen-bond donors (Lipinski definition) is 1. The van der Waals surface area contributed by atoms with Crippen LogP contribution >= 0.6 is 24.8 Å². The van der Waals surface area contributed by atoms with Crippen LogP contribution in [-0.4, -0.2) is 42.8 Å². The van der Waals surface area contributed by atoms with Gasteiger partial charge in [-0.1, -0.05) is 74.7 Å². The van der Waals surface area contributed by atoms with Crippen LogP contribution in [0.2, 0.25) is 0 Å². The van der Waals surface area contributed by atoms with Crippen LogP contribution in [0.15, 0.2) is 53.5 Å². The molecule has 2 aromatic carbocycles. The lowest BCUT2D eigenvalue weighted by Crippen LogP contribution is -2.40. The van der Waals surface area contributed by atoms with Gasteiger partial charge in [0, 0.05) is 12.0 Å². The molecule has 1 aliphatic carbocycles. The quantitative estimate of drug-likeness (QED) is 0.455. The van der Waals surface area contributed by atoms with Crippen LogP contribution in [0.4, 0.5) is 0 Å². The largest absolute Gasteiger partial charge is 0.294 e. The van der Waals surface area contributed by atoms with Crippen molar-refractivity contribution in [3.8, 4) is 22.5 Å². The Hall–Kier alpha value is -2.77. The summed E-state index contributed by atoms with van der Waals surface area (Å²) in [6.45, 7) is 2.76. The van der Waals surface area contributed by atoms with Crippen LogP contribution in [0.25, 0.3) is 22.5 Å². The Balaban J connectivity index is 0.00000162. The second-order valence-electron chi connectivity index (χ2n) is 8.74. The molecule has 0 bridgehead atoms. The van der Waals surface area contributed by atoms with Gasteiger partial charge in [-0.2, -0.15) is 5.21 Å². The molecule has 2 heterocycles. The third-order valence-electron chi connectivity index (χ3n) is 6.60. The first-order valence-electron chi connectivity index (χ1n) is 11.5. The molecule has 1 aromatic heterocycles. The third-order valence-corrected chi connectivity index (χ3v) is 6.60. The number of aromatic nitrogens is 4. The van der Waals surface area contributed by atoms with Gasteiger partial charge in [-0.05, 0) is 41.2 Å². The number of aliphatic imine (C=N–C) groups is 1. The van der Waals surface area contributed by atoms with E-state index in [0.29, 0.717) is 12.4 Å². The minimum absolute atomic E-state index is 0. The molecular formula is C25H30Cl2N6O. The van der Waals surface area contributed by atoms with Crippen molar-refractivity contribution >= 4 is 36.6 Å². The van der Waals surface area contributed by atoms with Crippen molar-refractivity contribution in [1.82, 2.24) is 25.5 Å². The van der Waals surface area contributed by atoms with E-state index in [4.69, 9.17) is 4.99 Å². The van der Waals surface area contributed by atoms with Crippen molar-refractivity contribution in [3.05, 3.63) is 54.1 Å². The Morgan fingerprint density at radius 2 is 1.71 bits per heavy atom. The number of benzene rings is 2. The highest BCUT2D eigenvalue weighted by Gasteiger charge is 2.49. The maximum atomic E-state index is 13.4. The Morgan fingerprint density at radius 1 is 1.00 bits per heavy atom. The van der Waals surface area contributed by atoms with Gasteiger partial charge in [0.15, 0.2) is 0 Å². The van der Waals surface area contributed by atoms with E-state index in [2.05, 4.69) is 57.9 Å². The fourth-order valence-electron chi connectivity index (χ4n) is 4.88. The van der Waals surface area contributed by atoms with Gasteiger partial charge in [-0.3, -0.25) is 14.7 Å². The van der Waals surface area contributed by atoms with Crippen molar-refractivity contribution in [2.24, 2.45) is 4.99 Å². The lowest BCUT2D eigenvalue weighted by atomic mass is 9.97. The Morgan fingerprint density at radius 3 is 2.35 bits per heavy atom. The third kappa shape index (κ3) is 4.86. The zero-order chi connectivity index (χ0) is 22.0. The van der Waals surface area contributed by atoms with Crippen LogP contribution in [0.5, 0.6) is 0 Å². The first kappa shape index (κ1) is 25.8. The van der Waals surface area contributed by atoms with Gasteiger partial charge < -0.3 is 0 Å². The molecule has 2 aliphatic rings. The number of aromatic amines is 1. The smallest absolute Gasteiger partial charge is 0.256 e. The number of rotatable bonds is 7. The maximum Gasteiger partial charge on any atom is 0.256 e. The van der Waals surface area contributed by atoms with Crippen molar-refractivity contribution in [1.29, 1.82) is 0 Å². The first-order valence-corrected chi connectivity index (χ1v) is 11.5. The molecule has 1 fully saturated rings. The molecule has 5 rings (SSSR count). The Bertz CT molecular complexity index is 1120. The van der Waals surface area contributed by atoms with Gasteiger partial charge in [0.05, 0.1) is 6.54 Å². The Labute approximate surface area is 212 Å². The molecule has 0 saturated heterocycles. The molecule has 1 spiro atoms. The van der Waals surface area contributed by atoms with Crippen molar-refractivity contribution in [3.63, 3.8) is 0 Å². The Kier molecular flexibility index (Phi) is 8.44. The van der Waals surface area contributed by atoms with E-state index in [9.17, 15) is 4.79 Å². The highest BCUT2D eigenvalue weighted by atomic mass is 35.5. The second-order valence-corrected chi connectivity index (χ2v) is 8.74. The van der Waals surface area contributed by atoms with Gasteiger partial charge in [-0.15, -0.1) is 35.0 Å². The molecular weight excluding hydrogens is 471 g/mol. The number of amides is 1. The van der Waals surface area contributed by atoms with Gasteiger partial charge in [0.2, 0.25) is 5.82 Å². The highest BCUT2D eigenvalue weighted by Crippen LogP contribution is 2.40. The summed E-state index contributed by atoms with van der Waals surface area (Å²) in [5, 5.41) is 14.5. The average Bonchev–Trinajstić information content (AvgIpc) is 3.58. The van der Waals surface area contributed by atoms with E-state index in [1.54, 1.807) is 0 Å². The molecule has 0 radical (unpaired) electrons. The zero-order valence-corrected chi connectivity index (χ0v) is 20.9. The second kappa shape index (κ2) is 11.1. The maximum absolute atomic E-state index is 13.4. The summed E-state index contributed by atoms with van der Waals surface area (Å²) in [6.07, 6.45) is 7.01. The number of carbonyl (C=O) groups is 1. The lowest BCUT2D eigenvalue weighted by molar-refractivity contribution is -0.131. The SMILES string of the molecule is CCCCC1=NC2(CCCC2)C(=O)N1Cc1ccc(-c2ccccc2-c2nn[nH]n2)cc1.Cl.Cl. The molecule has 3 aromatic rings. The van der Waals surface area contributed by atoms with Gasteiger partial charge >= 0.3 is 0 Å². The predicted octanol–water partition coefficient (Wildman–Crippen LogP) is 5.62. The number of halogens is 2. The number of hydrogen-bond acceptors (Lipinski definition) is 5. The van der Waals surface area contributed by atoms with Gasteiger partial charge in [0.1, 0.15) is 11.4 Å². The van der Waals surface area contributed by atoms with Crippen LogP contribution in [0.1, 0.15) is 57.4 Å². The first-order chi connectivity index (χ1) is 15.7. The van der Waals surface area contributed by atoms with Crippen LogP contribution in [0, 0.1) is 0 Å². The molecule has 7 nitrogen and oxygen atoms in total.